The van der Waals surface area contributed by atoms with Gasteiger partial charge in [0.2, 0.25) is 0 Å². The Morgan fingerprint density at radius 2 is 2.16 bits per heavy atom. The molecule has 100 valence electrons. The van der Waals surface area contributed by atoms with E-state index in [0.717, 1.165) is 6.08 Å². The van der Waals surface area contributed by atoms with E-state index in [4.69, 9.17) is 32.7 Å². The van der Waals surface area contributed by atoms with E-state index in [-0.39, 0.29) is 23.0 Å². The van der Waals surface area contributed by atoms with Crippen LogP contribution in [0.2, 0.25) is 5.02 Å². The molecule has 0 fully saturated rings. The van der Waals surface area contributed by atoms with Crippen LogP contribution < -0.4 is 4.74 Å². The van der Waals surface area contributed by atoms with E-state index in [2.05, 4.69) is 0 Å². The molecule has 1 N–H and O–H groups in total. The Balaban J connectivity index is 1.98. The number of hydrogen-bond acceptors (Lipinski definition) is 5. The van der Waals surface area contributed by atoms with E-state index in [1.54, 1.807) is 0 Å². The summed E-state index contributed by atoms with van der Waals surface area (Å²) in [6, 6.07) is 4.06. The van der Waals surface area contributed by atoms with E-state index in [0.29, 0.717) is 5.02 Å². The summed E-state index contributed by atoms with van der Waals surface area (Å²) in [4.78, 5) is 22.5. The highest BCUT2D eigenvalue weighted by Crippen LogP contribution is 2.30. The summed E-state index contributed by atoms with van der Waals surface area (Å²) in [5.41, 5.74) is 0. The van der Waals surface area contributed by atoms with Gasteiger partial charge in [0.1, 0.15) is 6.10 Å². The van der Waals surface area contributed by atoms with E-state index in [9.17, 15) is 14.7 Å². The van der Waals surface area contributed by atoms with Crippen LogP contribution in [-0.4, -0.2) is 23.1 Å². The van der Waals surface area contributed by atoms with Crippen LogP contribution in [-0.2, 0) is 14.3 Å². The van der Waals surface area contributed by atoms with Gasteiger partial charge in [-0.25, -0.2) is 4.79 Å². The Labute approximate surface area is 118 Å². The standard InChI is InChI=1S/C12H8Cl2O5/c13-6-1-2-9(8(15)3-6)18-12(17)5-10-7(14)4-11(16)19-10/h1-4,10,15H,5H2. The molecule has 0 saturated carbocycles. The van der Waals surface area contributed by atoms with Crippen LogP contribution in [0.5, 0.6) is 11.5 Å². The number of benzene rings is 1. The fourth-order valence-corrected chi connectivity index (χ4v) is 1.84. The first-order valence-electron chi connectivity index (χ1n) is 5.22. The second-order valence-electron chi connectivity index (χ2n) is 3.74. The Hall–Kier alpha value is -1.72. The van der Waals surface area contributed by atoms with Gasteiger partial charge >= 0.3 is 11.9 Å². The quantitative estimate of drug-likeness (QED) is 0.685. The molecule has 0 aromatic heterocycles. The van der Waals surface area contributed by atoms with Gasteiger partial charge in [-0.05, 0) is 12.1 Å². The summed E-state index contributed by atoms with van der Waals surface area (Å²) in [6.07, 6.45) is 0.0266. The number of aromatic hydroxyl groups is 1. The number of carbonyl (C=O) groups is 2. The molecular weight excluding hydrogens is 295 g/mol. The number of esters is 2. The molecule has 0 saturated heterocycles. The fourth-order valence-electron chi connectivity index (χ4n) is 1.47. The molecule has 0 amide bonds. The van der Waals surface area contributed by atoms with Crippen molar-refractivity contribution in [2.24, 2.45) is 0 Å². The summed E-state index contributed by atoms with van der Waals surface area (Å²) in [5, 5.41) is 9.96. The highest BCUT2D eigenvalue weighted by molar-refractivity contribution is 6.32. The lowest BCUT2D eigenvalue weighted by Gasteiger charge is -2.10. The van der Waals surface area contributed by atoms with Crippen molar-refractivity contribution in [3.05, 3.63) is 34.3 Å². The minimum absolute atomic E-state index is 0.0289. The fraction of sp³-hybridized carbons (Fsp3) is 0.167. The molecule has 1 aromatic carbocycles. The number of hydrogen-bond donors (Lipinski definition) is 1. The molecule has 1 atom stereocenters. The first kappa shape index (κ1) is 13.7. The molecule has 1 aliphatic heterocycles. The summed E-state index contributed by atoms with van der Waals surface area (Å²) in [7, 11) is 0. The van der Waals surface area contributed by atoms with Crippen molar-refractivity contribution < 1.29 is 24.2 Å². The normalized spacial score (nSPS) is 17.9. The molecule has 1 aromatic rings. The monoisotopic (exact) mass is 302 g/mol. The van der Waals surface area contributed by atoms with Crippen LogP contribution in [0.3, 0.4) is 0 Å². The summed E-state index contributed by atoms with van der Waals surface area (Å²) >= 11 is 11.4. The number of halogens is 2. The van der Waals surface area contributed by atoms with Crippen molar-refractivity contribution in [2.45, 2.75) is 12.5 Å². The van der Waals surface area contributed by atoms with E-state index < -0.39 is 18.0 Å². The van der Waals surface area contributed by atoms with Crippen molar-refractivity contribution in [3.8, 4) is 11.5 Å². The maximum atomic E-state index is 11.6. The lowest BCUT2D eigenvalue weighted by molar-refractivity contribution is -0.143. The minimum atomic E-state index is -0.837. The van der Waals surface area contributed by atoms with Gasteiger partial charge in [0.15, 0.2) is 11.5 Å². The zero-order valence-electron chi connectivity index (χ0n) is 9.43. The number of rotatable bonds is 3. The van der Waals surface area contributed by atoms with Crippen LogP contribution in [0.1, 0.15) is 6.42 Å². The first-order valence-corrected chi connectivity index (χ1v) is 5.98. The largest absolute Gasteiger partial charge is 0.504 e. The molecular formula is C12H8Cl2O5. The van der Waals surface area contributed by atoms with Gasteiger partial charge in [-0.15, -0.1) is 0 Å². The third kappa shape index (κ3) is 3.39. The molecule has 0 aliphatic carbocycles. The topological polar surface area (TPSA) is 72.8 Å². The summed E-state index contributed by atoms with van der Waals surface area (Å²) in [5.74, 6) is -1.58. The maximum absolute atomic E-state index is 11.6. The lowest BCUT2D eigenvalue weighted by Crippen LogP contribution is -2.19. The predicted molar refractivity (Wildman–Crippen MR) is 67.2 cm³/mol. The first-order chi connectivity index (χ1) is 8.95. The molecule has 0 radical (unpaired) electrons. The smallest absolute Gasteiger partial charge is 0.332 e. The average Bonchev–Trinajstić information content (AvgIpc) is 2.61. The van der Waals surface area contributed by atoms with E-state index in [1.807, 2.05) is 0 Å². The number of phenolic OH excluding ortho intramolecular Hbond substituents is 1. The Morgan fingerprint density at radius 1 is 1.42 bits per heavy atom. The average molecular weight is 303 g/mol. The van der Waals surface area contributed by atoms with Crippen LogP contribution in [0.25, 0.3) is 0 Å². The SMILES string of the molecule is O=C1C=C(Cl)C(CC(=O)Oc2ccc(Cl)cc2O)O1. The molecule has 2 rings (SSSR count). The van der Waals surface area contributed by atoms with Gasteiger partial charge in [0.05, 0.1) is 11.5 Å². The Kier molecular flexibility index (Phi) is 3.97. The molecule has 5 nitrogen and oxygen atoms in total. The van der Waals surface area contributed by atoms with Crippen molar-refractivity contribution in [3.63, 3.8) is 0 Å². The number of cyclic esters (lactones) is 1. The zero-order valence-corrected chi connectivity index (χ0v) is 10.9. The minimum Gasteiger partial charge on any atom is -0.504 e. The molecule has 1 unspecified atom stereocenters. The summed E-state index contributed by atoms with van der Waals surface area (Å²) in [6.45, 7) is 0. The van der Waals surface area contributed by atoms with Gasteiger partial charge in [-0.1, -0.05) is 23.2 Å². The number of phenols is 1. The van der Waals surface area contributed by atoms with E-state index in [1.165, 1.54) is 18.2 Å². The number of carbonyl (C=O) groups excluding carboxylic acids is 2. The van der Waals surface area contributed by atoms with Crippen LogP contribution in [0.15, 0.2) is 29.3 Å². The molecule has 7 heteroatoms. The van der Waals surface area contributed by atoms with Crippen molar-refractivity contribution >= 4 is 35.1 Å². The third-order valence-electron chi connectivity index (χ3n) is 2.32. The van der Waals surface area contributed by atoms with Crippen LogP contribution in [0, 0.1) is 0 Å². The highest BCUT2D eigenvalue weighted by Gasteiger charge is 2.28. The predicted octanol–water partition coefficient (Wildman–Crippen LogP) is 2.39. The third-order valence-corrected chi connectivity index (χ3v) is 2.91. The second-order valence-corrected chi connectivity index (χ2v) is 4.62. The van der Waals surface area contributed by atoms with Gasteiger partial charge in [-0.2, -0.15) is 0 Å². The maximum Gasteiger partial charge on any atom is 0.332 e. The van der Waals surface area contributed by atoms with Gasteiger partial charge in [-0.3, -0.25) is 4.79 Å². The lowest BCUT2D eigenvalue weighted by atomic mass is 10.2. The zero-order chi connectivity index (χ0) is 14.0. The van der Waals surface area contributed by atoms with Crippen molar-refractivity contribution in [2.75, 3.05) is 0 Å². The van der Waals surface area contributed by atoms with E-state index >= 15 is 0 Å². The van der Waals surface area contributed by atoms with Gasteiger partial charge < -0.3 is 14.6 Å². The van der Waals surface area contributed by atoms with Gasteiger partial charge in [0, 0.05) is 17.2 Å². The number of ether oxygens (including phenoxy) is 2. The molecule has 0 bridgehead atoms. The Morgan fingerprint density at radius 3 is 2.74 bits per heavy atom. The van der Waals surface area contributed by atoms with Crippen molar-refractivity contribution in [1.29, 1.82) is 0 Å². The van der Waals surface area contributed by atoms with Crippen LogP contribution in [0.4, 0.5) is 0 Å². The van der Waals surface area contributed by atoms with Gasteiger partial charge in [0.25, 0.3) is 0 Å². The molecule has 1 heterocycles. The summed E-state index contributed by atoms with van der Waals surface area (Å²) < 4.78 is 9.70. The van der Waals surface area contributed by atoms with Crippen molar-refractivity contribution in [1.82, 2.24) is 0 Å². The molecule has 0 spiro atoms. The van der Waals surface area contributed by atoms with Crippen LogP contribution >= 0.6 is 23.2 Å². The molecule has 1 aliphatic rings. The second kappa shape index (κ2) is 5.50. The Bertz CT molecular complexity index is 567. The molecule has 19 heavy (non-hydrogen) atoms. The highest BCUT2D eigenvalue weighted by atomic mass is 35.5.